The van der Waals surface area contributed by atoms with Crippen molar-refractivity contribution in [2.24, 2.45) is 16.6 Å². The fraction of sp³-hybridized carbons (Fsp3) is 0.533. The maximum atomic E-state index is 14.2. The molecule has 1 atom stereocenters. The van der Waals surface area contributed by atoms with Gasteiger partial charge in [0.1, 0.15) is 5.75 Å². The van der Waals surface area contributed by atoms with Crippen LogP contribution in [0.5, 0.6) is 5.75 Å². The van der Waals surface area contributed by atoms with Gasteiger partial charge < -0.3 is 15.2 Å². The van der Waals surface area contributed by atoms with Crippen LogP contribution in [-0.2, 0) is 10.3 Å². The van der Waals surface area contributed by atoms with E-state index in [1.54, 1.807) is 24.3 Å². The lowest BCUT2D eigenvalue weighted by atomic mass is 9.85. The Hall–Kier alpha value is -1.85. The molecule has 3 rings (SSSR count). The van der Waals surface area contributed by atoms with Gasteiger partial charge in [0.25, 0.3) is 6.02 Å². The second-order valence-electron chi connectivity index (χ2n) is 5.80. The number of ether oxygens (including phenoxy) is 2. The first-order chi connectivity index (χ1) is 9.91. The van der Waals surface area contributed by atoms with Crippen molar-refractivity contribution < 1.29 is 18.3 Å². The summed E-state index contributed by atoms with van der Waals surface area (Å²) in [6.07, 6.45) is 2.35. The van der Waals surface area contributed by atoms with E-state index in [1.165, 1.54) is 19.8 Å². The Morgan fingerprint density at radius 3 is 2.90 bits per heavy atom. The number of hydrogen-bond donors (Lipinski definition) is 1. The number of aliphatic imine (C=N–C) groups is 1. The van der Waals surface area contributed by atoms with Crippen molar-refractivity contribution in [1.82, 2.24) is 0 Å². The van der Waals surface area contributed by atoms with Gasteiger partial charge in [-0.15, -0.1) is 0 Å². The van der Waals surface area contributed by atoms with E-state index in [1.807, 2.05) is 0 Å². The van der Waals surface area contributed by atoms with Crippen molar-refractivity contribution in [2.75, 3.05) is 13.2 Å². The first-order valence-corrected chi connectivity index (χ1v) is 7.00. The van der Waals surface area contributed by atoms with Crippen molar-refractivity contribution in [3.63, 3.8) is 0 Å². The van der Waals surface area contributed by atoms with E-state index >= 15 is 0 Å². The fourth-order valence-corrected chi connectivity index (χ4v) is 2.30. The number of amidine groups is 1. The quantitative estimate of drug-likeness (QED) is 0.929. The topological polar surface area (TPSA) is 56.8 Å². The molecule has 1 aliphatic heterocycles. The number of benzene rings is 1. The Morgan fingerprint density at radius 1 is 1.43 bits per heavy atom. The molecular weight excluding hydrogens is 278 g/mol. The molecule has 1 saturated carbocycles. The van der Waals surface area contributed by atoms with Crippen molar-refractivity contribution in [3.8, 4) is 5.75 Å². The lowest BCUT2D eigenvalue weighted by Crippen LogP contribution is -2.50. The summed E-state index contributed by atoms with van der Waals surface area (Å²) in [5.74, 6) is -1.95. The van der Waals surface area contributed by atoms with Gasteiger partial charge in [0.2, 0.25) is 0 Å². The van der Waals surface area contributed by atoms with Crippen LogP contribution in [-0.4, -0.2) is 25.2 Å². The lowest BCUT2D eigenvalue weighted by molar-refractivity contribution is -0.116. The van der Waals surface area contributed by atoms with Gasteiger partial charge in [-0.25, -0.2) is 4.99 Å². The van der Waals surface area contributed by atoms with Crippen molar-refractivity contribution in [2.45, 2.75) is 31.2 Å². The lowest BCUT2D eigenvalue weighted by Gasteiger charge is -2.37. The second-order valence-corrected chi connectivity index (χ2v) is 5.80. The Bertz CT molecular complexity index is 573. The minimum Gasteiger partial charge on any atom is -0.493 e. The second kappa shape index (κ2) is 4.86. The maximum absolute atomic E-state index is 14.2. The minimum absolute atomic E-state index is 0.215. The smallest absolute Gasteiger partial charge is 0.310 e. The summed E-state index contributed by atoms with van der Waals surface area (Å²) in [7, 11) is 0. The molecule has 0 unspecified atom stereocenters. The molecule has 2 aliphatic rings. The van der Waals surface area contributed by atoms with Crippen molar-refractivity contribution in [3.05, 3.63) is 29.8 Å². The Labute approximate surface area is 121 Å². The van der Waals surface area contributed by atoms with Gasteiger partial charge in [-0.3, -0.25) is 0 Å². The van der Waals surface area contributed by atoms with Gasteiger partial charge in [-0.2, -0.15) is 8.78 Å². The molecule has 0 saturated heterocycles. The van der Waals surface area contributed by atoms with Crippen LogP contribution in [0.4, 0.5) is 8.78 Å². The normalized spacial score (nSPS) is 27.7. The first kappa shape index (κ1) is 14.1. The van der Waals surface area contributed by atoms with Crippen LogP contribution < -0.4 is 10.5 Å². The van der Waals surface area contributed by atoms with Crippen molar-refractivity contribution in [1.29, 1.82) is 0 Å². The van der Waals surface area contributed by atoms with Crippen LogP contribution in [0.2, 0.25) is 0 Å². The highest BCUT2D eigenvalue weighted by Gasteiger charge is 2.55. The number of alkyl halides is 2. The van der Waals surface area contributed by atoms with Gasteiger partial charge in [-0.1, -0.05) is 12.1 Å². The van der Waals surface area contributed by atoms with Gasteiger partial charge in [0.15, 0.2) is 12.1 Å². The van der Waals surface area contributed by atoms with Gasteiger partial charge in [-0.05, 0) is 43.4 Å². The first-order valence-electron chi connectivity index (χ1n) is 7.00. The molecule has 1 aliphatic carbocycles. The maximum Gasteiger partial charge on any atom is 0.310 e. The number of hydrogen-bond acceptors (Lipinski definition) is 4. The van der Waals surface area contributed by atoms with Crippen LogP contribution in [0.1, 0.15) is 25.3 Å². The third kappa shape index (κ3) is 2.66. The molecule has 21 heavy (non-hydrogen) atoms. The predicted octanol–water partition coefficient (Wildman–Crippen LogP) is 2.67. The molecule has 0 spiro atoms. The van der Waals surface area contributed by atoms with E-state index in [-0.39, 0.29) is 6.02 Å². The summed E-state index contributed by atoms with van der Waals surface area (Å²) in [5, 5.41) is 0. The van der Waals surface area contributed by atoms with Crippen LogP contribution in [0.15, 0.2) is 29.3 Å². The number of nitrogens with two attached hydrogens (primary N) is 1. The Morgan fingerprint density at radius 2 is 2.19 bits per heavy atom. The van der Waals surface area contributed by atoms with E-state index in [4.69, 9.17) is 10.5 Å². The zero-order chi connectivity index (χ0) is 15.1. The molecular formula is C15H18F2N2O2. The molecule has 2 N–H and O–H groups in total. The largest absolute Gasteiger partial charge is 0.493 e. The molecule has 6 heteroatoms. The van der Waals surface area contributed by atoms with Crippen LogP contribution >= 0.6 is 0 Å². The average molecular weight is 296 g/mol. The molecule has 1 aromatic rings. The summed E-state index contributed by atoms with van der Waals surface area (Å²) in [4.78, 5) is 3.85. The zero-order valence-corrected chi connectivity index (χ0v) is 11.8. The standard InChI is InChI=1S/C15H18F2N2O2/c1-14(15(16,17)9-21-13(18)19-14)11-3-2-4-12(7-11)20-8-10-5-6-10/h2-4,7,10H,5-6,8-9H2,1H3,(H2,18,19)/t14-/m1/s1. The molecule has 1 fully saturated rings. The average Bonchev–Trinajstić information content (AvgIpc) is 3.26. The SMILES string of the molecule is C[C@]1(c2cccc(OCC3CC3)c2)N=C(N)OCC1(F)F. The molecule has 0 bridgehead atoms. The molecule has 0 aromatic heterocycles. The van der Waals surface area contributed by atoms with E-state index in [2.05, 4.69) is 9.73 Å². The summed E-state index contributed by atoms with van der Waals surface area (Å²) in [6, 6.07) is 6.46. The van der Waals surface area contributed by atoms with Crippen LogP contribution in [0.25, 0.3) is 0 Å². The third-order valence-corrected chi connectivity index (χ3v) is 4.03. The highest BCUT2D eigenvalue weighted by molar-refractivity contribution is 5.73. The Kier molecular flexibility index (Phi) is 3.26. The molecule has 1 heterocycles. The van der Waals surface area contributed by atoms with E-state index in [9.17, 15) is 8.78 Å². The predicted molar refractivity (Wildman–Crippen MR) is 74.5 cm³/mol. The van der Waals surface area contributed by atoms with E-state index < -0.39 is 18.1 Å². The highest BCUT2D eigenvalue weighted by atomic mass is 19.3. The molecule has 0 amide bonds. The van der Waals surface area contributed by atoms with Crippen LogP contribution in [0.3, 0.4) is 0 Å². The fourth-order valence-electron chi connectivity index (χ4n) is 2.30. The van der Waals surface area contributed by atoms with Gasteiger partial charge >= 0.3 is 5.92 Å². The Balaban J connectivity index is 1.89. The monoisotopic (exact) mass is 296 g/mol. The van der Waals surface area contributed by atoms with Gasteiger partial charge in [0.05, 0.1) is 6.61 Å². The van der Waals surface area contributed by atoms with Gasteiger partial charge in [0, 0.05) is 0 Å². The zero-order valence-electron chi connectivity index (χ0n) is 11.8. The summed E-state index contributed by atoms with van der Waals surface area (Å²) >= 11 is 0. The summed E-state index contributed by atoms with van der Waals surface area (Å²) in [5.41, 5.74) is 4.10. The summed E-state index contributed by atoms with van der Waals surface area (Å²) in [6.45, 7) is 1.22. The van der Waals surface area contributed by atoms with E-state index in [0.717, 1.165) is 0 Å². The number of nitrogens with zero attached hydrogens (tertiary/aromatic N) is 1. The number of rotatable bonds is 4. The number of halogens is 2. The highest BCUT2D eigenvalue weighted by Crippen LogP contribution is 2.44. The minimum atomic E-state index is -3.13. The molecule has 0 radical (unpaired) electrons. The van der Waals surface area contributed by atoms with Crippen LogP contribution in [0, 0.1) is 5.92 Å². The van der Waals surface area contributed by atoms with Crippen molar-refractivity contribution >= 4 is 6.02 Å². The third-order valence-electron chi connectivity index (χ3n) is 4.03. The summed E-state index contributed by atoms with van der Waals surface area (Å²) < 4.78 is 38.8. The molecule has 4 nitrogen and oxygen atoms in total. The molecule has 114 valence electrons. The molecule has 1 aromatic carbocycles. The van der Waals surface area contributed by atoms with E-state index in [0.29, 0.717) is 23.8 Å².